The summed E-state index contributed by atoms with van der Waals surface area (Å²) in [5.41, 5.74) is -0.635. The standard InChI is InChI=1S/C16H25NO6/c1-16(2,3)23-15(20)17-12(8-21-13(18)10-4-5-10)9-22-14(19)11-6-7-11/h10-12H,4-9H2,1-3H3,(H,17,20). The van der Waals surface area contributed by atoms with Crippen LogP contribution in [-0.4, -0.2) is 42.9 Å². The van der Waals surface area contributed by atoms with Crippen LogP contribution in [0.5, 0.6) is 0 Å². The Kier molecular flexibility index (Phi) is 5.49. The molecule has 0 unspecified atom stereocenters. The van der Waals surface area contributed by atoms with Gasteiger partial charge in [0.1, 0.15) is 24.9 Å². The summed E-state index contributed by atoms with van der Waals surface area (Å²) in [6, 6.07) is -0.616. The summed E-state index contributed by atoms with van der Waals surface area (Å²) in [6.07, 6.45) is 2.76. The van der Waals surface area contributed by atoms with Crippen molar-refractivity contribution in [1.29, 1.82) is 0 Å². The molecule has 0 bridgehead atoms. The largest absolute Gasteiger partial charge is 0.463 e. The number of nitrogens with one attached hydrogen (secondary N) is 1. The van der Waals surface area contributed by atoms with Crippen molar-refractivity contribution in [2.24, 2.45) is 11.8 Å². The third kappa shape index (κ3) is 6.88. The van der Waals surface area contributed by atoms with E-state index in [4.69, 9.17) is 14.2 Å². The molecular formula is C16H25NO6. The first-order chi connectivity index (χ1) is 10.7. The minimum Gasteiger partial charge on any atom is -0.463 e. The molecule has 23 heavy (non-hydrogen) atoms. The summed E-state index contributed by atoms with van der Waals surface area (Å²) in [5.74, 6) is -0.582. The Morgan fingerprint density at radius 1 is 0.957 bits per heavy atom. The van der Waals surface area contributed by atoms with Crippen molar-refractivity contribution >= 4 is 18.0 Å². The van der Waals surface area contributed by atoms with E-state index >= 15 is 0 Å². The van der Waals surface area contributed by atoms with E-state index in [1.165, 1.54) is 0 Å². The van der Waals surface area contributed by atoms with Crippen molar-refractivity contribution in [2.75, 3.05) is 13.2 Å². The minimum absolute atomic E-state index is 0.0220. The number of hydrogen-bond acceptors (Lipinski definition) is 6. The van der Waals surface area contributed by atoms with Crippen LogP contribution in [0.1, 0.15) is 46.5 Å². The zero-order chi connectivity index (χ0) is 17.0. The minimum atomic E-state index is -0.635. The van der Waals surface area contributed by atoms with Crippen LogP contribution in [-0.2, 0) is 23.8 Å². The van der Waals surface area contributed by atoms with Crippen LogP contribution >= 0.6 is 0 Å². The third-order valence-corrected chi connectivity index (χ3v) is 3.40. The predicted molar refractivity (Wildman–Crippen MR) is 80.5 cm³/mol. The molecule has 2 saturated carbocycles. The summed E-state index contributed by atoms with van der Waals surface area (Å²) in [7, 11) is 0. The molecule has 7 nitrogen and oxygen atoms in total. The van der Waals surface area contributed by atoms with Gasteiger partial charge in [-0.25, -0.2) is 4.79 Å². The Hall–Kier alpha value is -1.79. The van der Waals surface area contributed by atoms with Crippen LogP contribution in [0, 0.1) is 11.8 Å². The highest BCUT2D eigenvalue weighted by Gasteiger charge is 2.34. The molecule has 130 valence electrons. The summed E-state index contributed by atoms with van der Waals surface area (Å²) in [6.45, 7) is 5.19. The number of ether oxygens (including phenoxy) is 3. The Balaban J connectivity index is 1.79. The zero-order valence-corrected chi connectivity index (χ0v) is 13.9. The highest BCUT2D eigenvalue weighted by atomic mass is 16.6. The van der Waals surface area contributed by atoms with Crippen molar-refractivity contribution in [1.82, 2.24) is 5.32 Å². The molecule has 1 N–H and O–H groups in total. The summed E-state index contributed by atoms with van der Waals surface area (Å²) < 4.78 is 15.5. The van der Waals surface area contributed by atoms with Crippen molar-refractivity contribution in [3.05, 3.63) is 0 Å². The lowest BCUT2D eigenvalue weighted by Gasteiger charge is -2.23. The van der Waals surface area contributed by atoms with Crippen LogP contribution < -0.4 is 5.32 Å². The summed E-state index contributed by atoms with van der Waals surface area (Å²) in [4.78, 5) is 35.1. The van der Waals surface area contributed by atoms with E-state index in [0.29, 0.717) is 0 Å². The fourth-order valence-corrected chi connectivity index (χ4v) is 1.84. The average Bonchev–Trinajstić information content (AvgIpc) is 3.28. The summed E-state index contributed by atoms with van der Waals surface area (Å²) >= 11 is 0. The Labute approximate surface area is 136 Å². The van der Waals surface area contributed by atoms with Crippen LogP contribution in [0.25, 0.3) is 0 Å². The van der Waals surface area contributed by atoms with Crippen molar-refractivity contribution in [3.8, 4) is 0 Å². The average molecular weight is 327 g/mol. The van der Waals surface area contributed by atoms with Crippen LogP contribution in [0.4, 0.5) is 4.79 Å². The first kappa shape index (κ1) is 17.6. The lowest BCUT2D eigenvalue weighted by Crippen LogP contribution is -2.45. The first-order valence-electron chi connectivity index (χ1n) is 8.07. The van der Waals surface area contributed by atoms with Crippen LogP contribution in [0.3, 0.4) is 0 Å². The number of alkyl carbamates (subject to hydrolysis) is 1. The molecule has 0 heterocycles. The second-order valence-corrected chi connectivity index (χ2v) is 7.15. The van der Waals surface area contributed by atoms with Gasteiger partial charge in [-0.1, -0.05) is 0 Å². The maximum atomic E-state index is 11.8. The van der Waals surface area contributed by atoms with Crippen molar-refractivity contribution in [3.63, 3.8) is 0 Å². The van der Waals surface area contributed by atoms with Gasteiger partial charge < -0.3 is 19.5 Å². The number of carbonyl (C=O) groups excluding carboxylic acids is 3. The molecule has 2 fully saturated rings. The molecule has 0 aromatic carbocycles. The van der Waals surface area contributed by atoms with Crippen molar-refractivity contribution in [2.45, 2.75) is 58.1 Å². The van der Waals surface area contributed by atoms with Gasteiger partial charge in [0.2, 0.25) is 0 Å². The first-order valence-corrected chi connectivity index (χ1v) is 8.07. The molecule has 2 rings (SSSR count). The number of carbonyl (C=O) groups is 3. The maximum absolute atomic E-state index is 11.8. The third-order valence-electron chi connectivity index (χ3n) is 3.40. The van der Waals surface area contributed by atoms with E-state index in [1.54, 1.807) is 20.8 Å². The topological polar surface area (TPSA) is 90.9 Å². The van der Waals surface area contributed by atoms with Gasteiger partial charge >= 0.3 is 18.0 Å². The van der Waals surface area contributed by atoms with E-state index in [1.807, 2.05) is 0 Å². The highest BCUT2D eigenvalue weighted by Crippen LogP contribution is 2.30. The smallest absolute Gasteiger partial charge is 0.408 e. The molecule has 0 aromatic heterocycles. The Bertz CT molecular complexity index is 434. The molecule has 2 aliphatic rings. The van der Waals surface area contributed by atoms with Gasteiger partial charge in [-0.05, 0) is 46.5 Å². The number of esters is 2. The molecule has 0 radical (unpaired) electrons. The van der Waals surface area contributed by atoms with Crippen LogP contribution in [0.15, 0.2) is 0 Å². The quantitative estimate of drug-likeness (QED) is 0.566. The molecule has 0 aliphatic heterocycles. The second kappa shape index (κ2) is 7.19. The van der Waals surface area contributed by atoms with Crippen LogP contribution in [0.2, 0.25) is 0 Å². The maximum Gasteiger partial charge on any atom is 0.408 e. The van der Waals surface area contributed by atoms with E-state index in [9.17, 15) is 14.4 Å². The van der Waals surface area contributed by atoms with Gasteiger partial charge in [-0.15, -0.1) is 0 Å². The zero-order valence-electron chi connectivity index (χ0n) is 13.9. The SMILES string of the molecule is CC(C)(C)OC(=O)NC(COC(=O)C1CC1)COC(=O)C1CC1. The Morgan fingerprint density at radius 2 is 1.39 bits per heavy atom. The monoisotopic (exact) mass is 327 g/mol. The fourth-order valence-electron chi connectivity index (χ4n) is 1.84. The van der Waals surface area contributed by atoms with Gasteiger partial charge in [0.15, 0.2) is 0 Å². The lowest BCUT2D eigenvalue weighted by molar-refractivity contribution is -0.149. The van der Waals surface area contributed by atoms with Crippen molar-refractivity contribution < 1.29 is 28.6 Å². The number of hydrogen-bond donors (Lipinski definition) is 1. The van der Waals surface area contributed by atoms with Gasteiger partial charge in [-0.3, -0.25) is 9.59 Å². The Morgan fingerprint density at radius 3 is 1.74 bits per heavy atom. The van der Waals surface area contributed by atoms with E-state index in [-0.39, 0.29) is 37.0 Å². The predicted octanol–water partition coefficient (Wildman–Crippen LogP) is 1.79. The van der Waals surface area contributed by atoms with Gasteiger partial charge in [0.05, 0.1) is 11.8 Å². The molecule has 1 amide bonds. The van der Waals surface area contributed by atoms with Gasteiger partial charge in [-0.2, -0.15) is 0 Å². The normalized spacial score (nSPS) is 17.6. The van der Waals surface area contributed by atoms with E-state index in [2.05, 4.69) is 5.32 Å². The molecule has 7 heteroatoms. The summed E-state index contributed by atoms with van der Waals surface area (Å²) in [5, 5.41) is 2.59. The molecular weight excluding hydrogens is 302 g/mol. The molecule has 0 atom stereocenters. The lowest BCUT2D eigenvalue weighted by atomic mass is 10.2. The molecule has 0 spiro atoms. The molecule has 0 saturated heterocycles. The molecule has 0 aromatic rings. The molecule has 2 aliphatic carbocycles. The number of rotatable bonds is 7. The van der Waals surface area contributed by atoms with E-state index < -0.39 is 17.7 Å². The number of amides is 1. The van der Waals surface area contributed by atoms with Gasteiger partial charge in [0.25, 0.3) is 0 Å². The van der Waals surface area contributed by atoms with Gasteiger partial charge in [0, 0.05) is 0 Å². The fraction of sp³-hybridized carbons (Fsp3) is 0.812. The highest BCUT2D eigenvalue weighted by molar-refractivity contribution is 5.75. The van der Waals surface area contributed by atoms with E-state index in [0.717, 1.165) is 25.7 Å². The second-order valence-electron chi connectivity index (χ2n) is 7.15.